The number of benzene rings is 1. The summed E-state index contributed by atoms with van der Waals surface area (Å²) >= 11 is 5.28. The molecule has 0 radical (unpaired) electrons. The van der Waals surface area contributed by atoms with E-state index in [1.54, 1.807) is 6.08 Å². The highest BCUT2D eigenvalue weighted by Gasteiger charge is 2.34. The van der Waals surface area contributed by atoms with E-state index in [9.17, 15) is 9.59 Å². The lowest BCUT2D eigenvalue weighted by Gasteiger charge is -2.29. The SMILES string of the molecule is CCn1c(C)cc(/C=C2\C(=O)NC(=S)N(c3ccc(C(C)C)cc3)C2=O)c1C. The lowest BCUT2D eigenvalue weighted by atomic mass is 10.0. The average Bonchev–Trinajstić information content (AvgIpc) is 2.91. The Labute approximate surface area is 171 Å². The number of hydrogen-bond donors (Lipinski definition) is 1. The Morgan fingerprint density at radius 2 is 1.79 bits per heavy atom. The van der Waals surface area contributed by atoms with Crippen LogP contribution in [0.1, 0.15) is 49.2 Å². The second kappa shape index (κ2) is 7.72. The number of hydrogen-bond acceptors (Lipinski definition) is 3. The van der Waals surface area contributed by atoms with Crippen molar-refractivity contribution in [3.8, 4) is 0 Å². The van der Waals surface area contributed by atoms with Gasteiger partial charge in [0.1, 0.15) is 5.57 Å². The first-order chi connectivity index (χ1) is 13.2. The van der Waals surface area contributed by atoms with E-state index in [1.807, 2.05) is 44.2 Å². The van der Waals surface area contributed by atoms with Crippen molar-refractivity contribution >= 4 is 40.9 Å². The molecule has 0 spiro atoms. The third kappa shape index (κ3) is 3.52. The maximum Gasteiger partial charge on any atom is 0.270 e. The summed E-state index contributed by atoms with van der Waals surface area (Å²) in [5, 5.41) is 2.74. The summed E-state index contributed by atoms with van der Waals surface area (Å²) in [6.07, 6.45) is 1.66. The molecule has 1 fully saturated rings. The fourth-order valence-electron chi connectivity index (χ4n) is 3.52. The first kappa shape index (κ1) is 20.0. The first-order valence-electron chi connectivity index (χ1n) is 9.42. The van der Waals surface area contributed by atoms with E-state index in [-0.39, 0.29) is 10.7 Å². The standard InChI is InChI=1S/C22H25N3O2S/c1-6-24-14(4)11-17(15(24)5)12-19-20(26)23-22(28)25(21(19)27)18-9-7-16(8-10-18)13(2)3/h7-13H,6H2,1-5H3,(H,23,26,28)/b19-12+. The van der Waals surface area contributed by atoms with Crippen molar-refractivity contribution in [1.29, 1.82) is 0 Å². The minimum absolute atomic E-state index is 0.0814. The van der Waals surface area contributed by atoms with E-state index in [0.29, 0.717) is 11.6 Å². The van der Waals surface area contributed by atoms with Gasteiger partial charge in [-0.25, -0.2) is 0 Å². The van der Waals surface area contributed by atoms with Crippen molar-refractivity contribution in [2.24, 2.45) is 0 Å². The number of nitrogens with zero attached hydrogens (tertiary/aromatic N) is 2. The molecule has 1 aromatic heterocycles. The summed E-state index contributed by atoms with van der Waals surface area (Å²) in [4.78, 5) is 27.0. The van der Waals surface area contributed by atoms with Crippen LogP contribution in [0.4, 0.5) is 5.69 Å². The average molecular weight is 396 g/mol. The van der Waals surface area contributed by atoms with Crippen LogP contribution >= 0.6 is 12.2 Å². The molecule has 146 valence electrons. The van der Waals surface area contributed by atoms with Crippen molar-refractivity contribution in [3.05, 3.63) is 58.4 Å². The predicted octanol–water partition coefficient (Wildman–Crippen LogP) is 4.08. The summed E-state index contributed by atoms with van der Waals surface area (Å²) in [5.41, 5.74) is 4.87. The second-order valence-corrected chi connectivity index (χ2v) is 7.66. The Bertz CT molecular complexity index is 984. The summed E-state index contributed by atoms with van der Waals surface area (Å²) in [5.74, 6) is -0.485. The molecule has 5 nitrogen and oxygen atoms in total. The third-order valence-corrected chi connectivity index (χ3v) is 5.43. The Morgan fingerprint density at radius 3 is 2.32 bits per heavy atom. The van der Waals surface area contributed by atoms with Gasteiger partial charge in [0, 0.05) is 17.9 Å². The maximum atomic E-state index is 13.1. The molecule has 1 aliphatic heterocycles. The molecule has 6 heteroatoms. The predicted molar refractivity (Wildman–Crippen MR) is 116 cm³/mol. The maximum absolute atomic E-state index is 13.1. The Hall–Kier alpha value is -2.73. The molecular formula is C22H25N3O2S. The third-order valence-electron chi connectivity index (χ3n) is 5.15. The quantitative estimate of drug-likeness (QED) is 0.482. The van der Waals surface area contributed by atoms with Crippen LogP contribution in [0.5, 0.6) is 0 Å². The zero-order chi connectivity index (χ0) is 20.6. The molecule has 0 bridgehead atoms. The topological polar surface area (TPSA) is 54.3 Å². The van der Waals surface area contributed by atoms with E-state index >= 15 is 0 Å². The number of aryl methyl sites for hydroxylation is 1. The molecule has 0 unspecified atom stereocenters. The smallest absolute Gasteiger partial charge is 0.270 e. The fourth-order valence-corrected chi connectivity index (χ4v) is 3.80. The number of carbonyl (C=O) groups is 2. The van der Waals surface area contributed by atoms with E-state index in [0.717, 1.165) is 23.5 Å². The molecule has 2 aromatic rings. The highest BCUT2D eigenvalue weighted by atomic mass is 32.1. The number of nitrogens with one attached hydrogen (secondary N) is 1. The summed E-state index contributed by atoms with van der Waals surface area (Å²) < 4.78 is 2.14. The molecule has 1 aromatic carbocycles. The van der Waals surface area contributed by atoms with Crippen LogP contribution in [0.2, 0.25) is 0 Å². The molecular weight excluding hydrogens is 370 g/mol. The lowest BCUT2D eigenvalue weighted by molar-refractivity contribution is -0.122. The number of anilines is 1. The Balaban J connectivity index is 2.01. The van der Waals surface area contributed by atoms with Gasteiger partial charge in [-0.2, -0.15) is 0 Å². The molecule has 0 atom stereocenters. The monoisotopic (exact) mass is 395 g/mol. The zero-order valence-electron chi connectivity index (χ0n) is 16.9. The van der Waals surface area contributed by atoms with Gasteiger partial charge in [-0.3, -0.25) is 19.8 Å². The number of aromatic nitrogens is 1. The molecule has 28 heavy (non-hydrogen) atoms. The van der Waals surface area contributed by atoms with Crippen molar-refractivity contribution in [1.82, 2.24) is 9.88 Å². The molecule has 2 amide bonds. The largest absolute Gasteiger partial charge is 0.349 e. The minimum atomic E-state index is -0.466. The first-order valence-corrected chi connectivity index (χ1v) is 9.83. The van der Waals surface area contributed by atoms with Gasteiger partial charge in [0.2, 0.25) is 0 Å². The van der Waals surface area contributed by atoms with Crippen molar-refractivity contribution in [3.63, 3.8) is 0 Å². The van der Waals surface area contributed by atoms with Gasteiger partial charge in [-0.05, 0) is 74.3 Å². The van der Waals surface area contributed by atoms with Crippen molar-refractivity contribution in [2.75, 3.05) is 4.90 Å². The van der Waals surface area contributed by atoms with E-state index < -0.39 is 11.8 Å². The highest BCUT2D eigenvalue weighted by Crippen LogP contribution is 2.25. The number of thiocarbonyl (C=S) groups is 1. The van der Waals surface area contributed by atoms with Gasteiger partial charge in [0.25, 0.3) is 11.8 Å². The van der Waals surface area contributed by atoms with E-state index in [4.69, 9.17) is 12.2 Å². The molecule has 1 aliphatic rings. The molecule has 3 rings (SSSR count). The lowest BCUT2D eigenvalue weighted by Crippen LogP contribution is -2.54. The number of rotatable bonds is 4. The summed E-state index contributed by atoms with van der Waals surface area (Å²) in [7, 11) is 0. The van der Waals surface area contributed by atoms with E-state index in [2.05, 4.69) is 30.7 Å². The van der Waals surface area contributed by atoms with Gasteiger partial charge in [0.05, 0.1) is 5.69 Å². The number of amides is 2. The second-order valence-electron chi connectivity index (χ2n) is 7.27. The van der Waals surface area contributed by atoms with Crippen LogP contribution in [-0.2, 0) is 16.1 Å². The van der Waals surface area contributed by atoms with Crippen LogP contribution in [0.25, 0.3) is 6.08 Å². The van der Waals surface area contributed by atoms with Gasteiger partial charge in [-0.1, -0.05) is 26.0 Å². The van der Waals surface area contributed by atoms with Crippen LogP contribution in [0, 0.1) is 13.8 Å². The van der Waals surface area contributed by atoms with Crippen LogP contribution < -0.4 is 10.2 Å². The van der Waals surface area contributed by atoms with Crippen molar-refractivity contribution in [2.45, 2.75) is 47.1 Å². The van der Waals surface area contributed by atoms with Crippen LogP contribution in [0.15, 0.2) is 35.9 Å². The van der Waals surface area contributed by atoms with Gasteiger partial charge in [0.15, 0.2) is 5.11 Å². The number of carbonyl (C=O) groups excluding carboxylic acids is 2. The van der Waals surface area contributed by atoms with Crippen molar-refractivity contribution < 1.29 is 9.59 Å². The zero-order valence-corrected chi connectivity index (χ0v) is 17.7. The van der Waals surface area contributed by atoms with Gasteiger partial charge in [-0.15, -0.1) is 0 Å². The molecule has 2 heterocycles. The van der Waals surface area contributed by atoms with Gasteiger partial charge >= 0.3 is 0 Å². The Kier molecular flexibility index (Phi) is 5.52. The molecule has 1 saturated heterocycles. The normalized spacial score (nSPS) is 16.3. The molecule has 0 saturated carbocycles. The molecule has 1 N–H and O–H groups in total. The van der Waals surface area contributed by atoms with E-state index in [1.165, 1.54) is 10.5 Å². The fraction of sp³-hybridized carbons (Fsp3) is 0.318. The summed E-state index contributed by atoms with van der Waals surface area (Å²) in [6, 6.07) is 9.66. The molecule has 0 aliphatic carbocycles. The summed E-state index contributed by atoms with van der Waals surface area (Å²) in [6.45, 7) is 11.1. The highest BCUT2D eigenvalue weighted by molar-refractivity contribution is 7.80. The Morgan fingerprint density at radius 1 is 1.14 bits per heavy atom. The van der Waals surface area contributed by atoms with Crippen LogP contribution in [0.3, 0.4) is 0 Å². The van der Waals surface area contributed by atoms with Crippen LogP contribution in [-0.4, -0.2) is 21.5 Å². The van der Waals surface area contributed by atoms with Gasteiger partial charge < -0.3 is 4.57 Å². The minimum Gasteiger partial charge on any atom is -0.349 e.